The van der Waals surface area contributed by atoms with Crippen LogP contribution in [-0.2, 0) is 10.3 Å². The van der Waals surface area contributed by atoms with Gasteiger partial charge in [-0.3, -0.25) is 9.78 Å². The number of anilines is 3. The Labute approximate surface area is 253 Å². The van der Waals surface area contributed by atoms with Gasteiger partial charge in [-0.1, -0.05) is 54.8 Å². The number of ether oxygens (including phenoxy) is 1. The molecule has 1 aliphatic rings. The minimum atomic E-state index is -0.646. The van der Waals surface area contributed by atoms with E-state index >= 15 is 0 Å². The molecule has 0 unspecified atom stereocenters. The Morgan fingerprint density at radius 1 is 0.952 bits per heavy atom. The Hall–Kier alpha value is -3.85. The Kier molecular flexibility index (Phi) is 9.61. The molecule has 1 aromatic carbocycles. The number of benzene rings is 1. The van der Waals surface area contributed by atoms with Crippen LogP contribution >= 0.6 is 11.6 Å². The van der Waals surface area contributed by atoms with E-state index in [9.17, 15) is 9.59 Å². The molecule has 2 amide bonds. The zero-order valence-electron chi connectivity index (χ0n) is 25.2. The van der Waals surface area contributed by atoms with Gasteiger partial charge in [-0.05, 0) is 77.6 Å². The number of halogens is 1. The van der Waals surface area contributed by atoms with E-state index in [-0.39, 0.29) is 18.0 Å². The second-order valence-corrected chi connectivity index (χ2v) is 12.7. The Bertz CT molecular complexity index is 1410. The van der Waals surface area contributed by atoms with Crippen LogP contribution in [0, 0.1) is 6.92 Å². The second-order valence-electron chi connectivity index (χ2n) is 12.3. The van der Waals surface area contributed by atoms with Gasteiger partial charge in [0.1, 0.15) is 17.2 Å². The van der Waals surface area contributed by atoms with Crippen LogP contribution in [0.25, 0.3) is 0 Å². The molecule has 2 aromatic heterocycles. The monoisotopic (exact) mass is 592 g/mol. The van der Waals surface area contributed by atoms with Crippen LogP contribution < -0.4 is 21.3 Å². The van der Waals surface area contributed by atoms with E-state index in [0.717, 1.165) is 36.8 Å². The molecule has 2 heterocycles. The summed E-state index contributed by atoms with van der Waals surface area (Å²) < 4.78 is 5.49. The van der Waals surface area contributed by atoms with Crippen LogP contribution in [0.2, 0.25) is 5.02 Å². The molecule has 0 radical (unpaired) electrons. The summed E-state index contributed by atoms with van der Waals surface area (Å²) in [6.07, 6.45) is 6.57. The van der Waals surface area contributed by atoms with E-state index in [4.69, 9.17) is 21.3 Å². The quantitative estimate of drug-likeness (QED) is 0.220. The van der Waals surface area contributed by atoms with Crippen molar-refractivity contribution in [2.24, 2.45) is 0 Å². The molecule has 1 saturated carbocycles. The number of carbonyl (C=O) groups is 2. The lowest BCUT2D eigenvalue weighted by Crippen LogP contribution is -2.50. The normalized spacial score (nSPS) is 17.2. The van der Waals surface area contributed by atoms with Gasteiger partial charge in [0.25, 0.3) is 5.91 Å². The number of hydrogen-bond donors (Lipinski definition) is 4. The molecule has 2 atom stereocenters. The molecule has 0 bridgehead atoms. The van der Waals surface area contributed by atoms with Crippen molar-refractivity contribution in [3.8, 4) is 0 Å². The van der Waals surface area contributed by atoms with Crippen LogP contribution in [-0.4, -0.2) is 39.7 Å². The highest BCUT2D eigenvalue weighted by atomic mass is 35.5. The standard InChI is InChI=1S/C32H41ClN6O3/c1-20-16-22(19-34-18-20)35-27-23(29(40)39-32(5,6)21-12-8-7-9-13-21)17-24(33)28(38-27)36-25-14-10-11-15-26(25)37-30(41)42-31(2,3)4/h7-9,12-13,16-19,25-26H,10-11,14-15H2,1-6H3,(H,37,41)(H,39,40)(H2,35,36,38)/t25-,26+/m1/s1. The molecular weight excluding hydrogens is 552 g/mol. The highest BCUT2D eigenvalue weighted by Gasteiger charge is 2.30. The van der Waals surface area contributed by atoms with Gasteiger partial charge in [0, 0.05) is 12.2 Å². The van der Waals surface area contributed by atoms with Crippen LogP contribution in [0.1, 0.15) is 81.8 Å². The molecule has 0 aliphatic heterocycles. The van der Waals surface area contributed by atoms with E-state index in [1.54, 1.807) is 18.5 Å². The maximum Gasteiger partial charge on any atom is 0.407 e. The fraction of sp³-hybridized carbons (Fsp3) is 0.438. The number of alkyl carbamates (subject to hydrolysis) is 1. The summed E-state index contributed by atoms with van der Waals surface area (Å²) in [4.78, 5) is 35.3. The summed E-state index contributed by atoms with van der Waals surface area (Å²) in [5.41, 5.74) is 1.67. The van der Waals surface area contributed by atoms with Gasteiger partial charge < -0.3 is 26.0 Å². The van der Waals surface area contributed by atoms with E-state index in [1.165, 1.54) is 0 Å². The van der Waals surface area contributed by atoms with Crippen molar-refractivity contribution in [2.75, 3.05) is 10.6 Å². The minimum absolute atomic E-state index is 0.124. The number of carbonyl (C=O) groups excluding carboxylic acids is 2. The molecule has 42 heavy (non-hydrogen) atoms. The van der Waals surface area contributed by atoms with Gasteiger partial charge in [0.15, 0.2) is 0 Å². The van der Waals surface area contributed by atoms with Crippen LogP contribution in [0.3, 0.4) is 0 Å². The predicted octanol–water partition coefficient (Wildman–Crippen LogP) is 7.09. The molecule has 1 fully saturated rings. The molecule has 0 saturated heterocycles. The second kappa shape index (κ2) is 13.0. The largest absolute Gasteiger partial charge is 0.444 e. The van der Waals surface area contributed by atoms with Crippen molar-refractivity contribution in [1.29, 1.82) is 0 Å². The third-order valence-corrected chi connectivity index (χ3v) is 7.36. The first kappa shape index (κ1) is 31.1. The topological polar surface area (TPSA) is 117 Å². The number of nitrogens with zero attached hydrogens (tertiary/aromatic N) is 2. The molecule has 0 spiro atoms. The van der Waals surface area contributed by atoms with Gasteiger partial charge >= 0.3 is 6.09 Å². The highest BCUT2D eigenvalue weighted by Crippen LogP contribution is 2.32. The van der Waals surface area contributed by atoms with Crippen molar-refractivity contribution in [1.82, 2.24) is 20.6 Å². The average molecular weight is 593 g/mol. The first-order chi connectivity index (χ1) is 19.8. The third-order valence-electron chi connectivity index (χ3n) is 7.07. The van der Waals surface area contributed by atoms with E-state index < -0.39 is 17.2 Å². The molecule has 3 aromatic rings. The number of aryl methyl sites for hydroxylation is 1. The average Bonchev–Trinajstić information content (AvgIpc) is 2.90. The fourth-order valence-electron chi connectivity index (χ4n) is 5.01. The van der Waals surface area contributed by atoms with Gasteiger partial charge in [-0.15, -0.1) is 0 Å². The molecule has 4 N–H and O–H groups in total. The molecule has 10 heteroatoms. The first-order valence-electron chi connectivity index (χ1n) is 14.3. The molecule has 9 nitrogen and oxygen atoms in total. The van der Waals surface area contributed by atoms with Gasteiger partial charge in [0.05, 0.1) is 34.1 Å². The Morgan fingerprint density at radius 3 is 2.31 bits per heavy atom. The zero-order chi connectivity index (χ0) is 30.5. The SMILES string of the molecule is Cc1cncc(Nc2nc(N[C@@H]3CCCC[C@@H]3NC(=O)OC(C)(C)C)c(Cl)cc2C(=O)NC(C)(C)c2ccccc2)c1. The smallest absolute Gasteiger partial charge is 0.407 e. The third kappa shape index (κ3) is 8.35. The highest BCUT2D eigenvalue weighted by molar-refractivity contribution is 6.33. The zero-order valence-corrected chi connectivity index (χ0v) is 25.9. The first-order valence-corrected chi connectivity index (χ1v) is 14.7. The number of hydrogen-bond acceptors (Lipinski definition) is 7. The summed E-state index contributed by atoms with van der Waals surface area (Å²) in [6.45, 7) is 11.3. The number of rotatable bonds is 8. The van der Waals surface area contributed by atoms with Gasteiger partial charge in [-0.25, -0.2) is 9.78 Å². The van der Waals surface area contributed by atoms with E-state index in [2.05, 4.69) is 26.3 Å². The summed E-state index contributed by atoms with van der Waals surface area (Å²) in [7, 11) is 0. The molecular formula is C32H41ClN6O3. The molecule has 224 valence electrons. The van der Waals surface area contributed by atoms with Crippen LogP contribution in [0.5, 0.6) is 0 Å². The molecule has 4 rings (SSSR count). The lowest BCUT2D eigenvalue weighted by atomic mass is 9.90. The maximum absolute atomic E-state index is 13.7. The summed E-state index contributed by atoms with van der Waals surface area (Å²) in [5, 5.41) is 13.2. The summed E-state index contributed by atoms with van der Waals surface area (Å²) >= 11 is 6.76. The Morgan fingerprint density at radius 2 is 1.64 bits per heavy atom. The fourth-order valence-corrected chi connectivity index (χ4v) is 5.21. The maximum atomic E-state index is 13.7. The van der Waals surface area contributed by atoms with Crippen LogP contribution in [0.15, 0.2) is 54.9 Å². The molecule has 1 aliphatic carbocycles. The van der Waals surface area contributed by atoms with Crippen molar-refractivity contribution in [3.05, 3.63) is 76.6 Å². The lowest BCUT2D eigenvalue weighted by Gasteiger charge is -2.34. The number of nitrogens with one attached hydrogen (secondary N) is 4. The number of pyridine rings is 2. The van der Waals surface area contributed by atoms with Gasteiger partial charge in [-0.2, -0.15) is 0 Å². The lowest BCUT2D eigenvalue weighted by molar-refractivity contribution is 0.0488. The number of amides is 2. The number of aromatic nitrogens is 2. The van der Waals surface area contributed by atoms with Crippen LogP contribution in [0.4, 0.5) is 22.1 Å². The minimum Gasteiger partial charge on any atom is -0.444 e. The summed E-state index contributed by atoms with van der Waals surface area (Å²) in [6, 6.07) is 13.0. The summed E-state index contributed by atoms with van der Waals surface area (Å²) in [5.74, 6) is 0.430. The van der Waals surface area contributed by atoms with Crippen molar-refractivity contribution in [2.45, 2.75) is 90.4 Å². The van der Waals surface area contributed by atoms with E-state index in [1.807, 2.05) is 77.9 Å². The van der Waals surface area contributed by atoms with E-state index in [0.29, 0.717) is 27.9 Å². The van der Waals surface area contributed by atoms with Crippen molar-refractivity contribution < 1.29 is 14.3 Å². The predicted molar refractivity (Wildman–Crippen MR) is 167 cm³/mol. The Balaban J connectivity index is 1.63. The van der Waals surface area contributed by atoms with Gasteiger partial charge in [0.2, 0.25) is 0 Å². The van der Waals surface area contributed by atoms with Crippen molar-refractivity contribution in [3.63, 3.8) is 0 Å². The van der Waals surface area contributed by atoms with Crippen molar-refractivity contribution >= 4 is 40.9 Å².